The number of anilines is 1. The van der Waals surface area contributed by atoms with Gasteiger partial charge in [-0.15, -0.1) is 0 Å². The average Bonchev–Trinajstić information content (AvgIpc) is 3.22. The first-order valence-electron chi connectivity index (χ1n) is 11.0. The molecule has 0 radical (unpaired) electrons. The highest BCUT2D eigenvalue weighted by atomic mass is 19.1. The van der Waals surface area contributed by atoms with Crippen LogP contribution in [0.4, 0.5) is 10.1 Å². The normalized spacial score (nSPS) is 18.5. The van der Waals surface area contributed by atoms with Gasteiger partial charge in [-0.1, -0.05) is 0 Å². The van der Waals surface area contributed by atoms with Crippen molar-refractivity contribution in [3.8, 4) is 22.9 Å². The summed E-state index contributed by atoms with van der Waals surface area (Å²) < 4.78 is 24.7. The first-order chi connectivity index (χ1) is 16.0. The van der Waals surface area contributed by atoms with Crippen LogP contribution in [-0.4, -0.2) is 41.3 Å². The van der Waals surface area contributed by atoms with Gasteiger partial charge in [0.15, 0.2) is 11.5 Å². The first kappa shape index (κ1) is 21.3. The van der Waals surface area contributed by atoms with E-state index in [1.165, 1.54) is 12.1 Å². The molecule has 5 N–H and O–H groups in total. The van der Waals surface area contributed by atoms with E-state index >= 15 is 0 Å². The fraction of sp³-hybridized carbons (Fsp3) is 0.333. The van der Waals surface area contributed by atoms with E-state index in [1.54, 1.807) is 26.4 Å². The number of imidazole rings is 1. The summed E-state index contributed by atoms with van der Waals surface area (Å²) in [5.41, 5.74) is 8.49. The molecule has 172 valence electrons. The van der Waals surface area contributed by atoms with Gasteiger partial charge in [-0.05, 0) is 49.9 Å². The minimum absolute atomic E-state index is 0.156. The number of nitrogens with two attached hydrogens (primary N) is 1. The lowest BCUT2D eigenvalue weighted by atomic mass is 9.91. The number of methoxy groups -OCH3 is 2. The minimum Gasteiger partial charge on any atom is -0.493 e. The number of ether oxygens (including phenoxy) is 2. The predicted octanol–water partition coefficient (Wildman–Crippen LogP) is 3.91. The standard InChI is InChI=1S/C24H26FN5O3/c1-32-19-10-15-17(11-20(19)33-2)30-24(31)21(22(15)27-14-6-4-13(26)5-7-14)23-28-16-8-3-12(25)9-18(16)29-23/h3,8-11,13-14H,4-7,26H2,1-2H3,(H,28,29)(H2,27,30,31). The van der Waals surface area contributed by atoms with Gasteiger partial charge in [-0.2, -0.15) is 0 Å². The molecular formula is C24H26FN5O3. The Morgan fingerprint density at radius 1 is 1.03 bits per heavy atom. The van der Waals surface area contributed by atoms with E-state index in [0.717, 1.165) is 31.1 Å². The van der Waals surface area contributed by atoms with Crippen LogP contribution < -0.4 is 26.1 Å². The molecule has 33 heavy (non-hydrogen) atoms. The quantitative estimate of drug-likeness (QED) is 0.365. The maximum atomic E-state index is 13.7. The van der Waals surface area contributed by atoms with Gasteiger partial charge in [0, 0.05) is 23.5 Å². The van der Waals surface area contributed by atoms with E-state index in [0.29, 0.717) is 45.1 Å². The lowest BCUT2D eigenvalue weighted by Gasteiger charge is -2.29. The van der Waals surface area contributed by atoms with Crippen LogP contribution in [-0.2, 0) is 0 Å². The van der Waals surface area contributed by atoms with E-state index in [1.807, 2.05) is 6.07 Å². The molecule has 4 aromatic rings. The molecular weight excluding hydrogens is 425 g/mol. The molecule has 1 aliphatic carbocycles. The third-order valence-electron chi connectivity index (χ3n) is 6.32. The number of aromatic nitrogens is 3. The Balaban J connectivity index is 1.73. The number of hydrogen-bond acceptors (Lipinski definition) is 6. The number of aromatic amines is 2. The Morgan fingerprint density at radius 2 is 1.76 bits per heavy atom. The van der Waals surface area contributed by atoms with Crippen molar-refractivity contribution in [3.63, 3.8) is 0 Å². The van der Waals surface area contributed by atoms with Crippen molar-refractivity contribution in [2.75, 3.05) is 19.5 Å². The number of nitrogens with zero attached hydrogens (tertiary/aromatic N) is 1. The Hall–Kier alpha value is -3.59. The molecule has 5 rings (SSSR count). The Bertz CT molecular complexity index is 1390. The third-order valence-corrected chi connectivity index (χ3v) is 6.32. The zero-order valence-corrected chi connectivity index (χ0v) is 18.5. The number of rotatable bonds is 5. The summed E-state index contributed by atoms with van der Waals surface area (Å²) in [6, 6.07) is 8.24. The summed E-state index contributed by atoms with van der Waals surface area (Å²) in [6.45, 7) is 0. The van der Waals surface area contributed by atoms with Gasteiger partial charge in [0.25, 0.3) is 5.56 Å². The molecule has 1 fully saturated rings. The second-order valence-corrected chi connectivity index (χ2v) is 8.46. The summed E-state index contributed by atoms with van der Waals surface area (Å²) in [4.78, 5) is 23.9. The van der Waals surface area contributed by atoms with Crippen molar-refractivity contribution in [3.05, 3.63) is 46.5 Å². The van der Waals surface area contributed by atoms with E-state index in [2.05, 4.69) is 20.3 Å². The van der Waals surface area contributed by atoms with Crippen LogP contribution >= 0.6 is 0 Å². The summed E-state index contributed by atoms with van der Waals surface area (Å²) in [5.74, 6) is 1.05. The molecule has 0 amide bonds. The predicted molar refractivity (Wildman–Crippen MR) is 127 cm³/mol. The van der Waals surface area contributed by atoms with E-state index in [-0.39, 0.29) is 23.5 Å². The number of fused-ring (bicyclic) bond motifs is 2. The molecule has 0 aliphatic heterocycles. The number of pyridine rings is 1. The maximum Gasteiger partial charge on any atom is 0.261 e. The number of hydrogen-bond donors (Lipinski definition) is 4. The Labute approximate surface area is 189 Å². The van der Waals surface area contributed by atoms with Crippen molar-refractivity contribution in [1.82, 2.24) is 15.0 Å². The van der Waals surface area contributed by atoms with E-state index < -0.39 is 0 Å². The fourth-order valence-corrected chi connectivity index (χ4v) is 4.57. The molecule has 1 saturated carbocycles. The lowest BCUT2D eigenvalue weighted by Crippen LogP contribution is -2.33. The maximum absolute atomic E-state index is 13.7. The highest BCUT2D eigenvalue weighted by Crippen LogP contribution is 2.38. The molecule has 9 heteroatoms. The zero-order chi connectivity index (χ0) is 23.1. The lowest BCUT2D eigenvalue weighted by molar-refractivity contribution is 0.356. The van der Waals surface area contributed by atoms with Crippen LogP contribution in [0.15, 0.2) is 35.1 Å². The van der Waals surface area contributed by atoms with Crippen molar-refractivity contribution >= 4 is 27.6 Å². The molecule has 0 unspecified atom stereocenters. The fourth-order valence-electron chi connectivity index (χ4n) is 4.57. The smallest absolute Gasteiger partial charge is 0.261 e. The van der Waals surface area contributed by atoms with Gasteiger partial charge in [0.1, 0.15) is 17.2 Å². The van der Waals surface area contributed by atoms with Gasteiger partial charge in [0.05, 0.1) is 36.5 Å². The highest BCUT2D eigenvalue weighted by molar-refractivity contribution is 6.00. The van der Waals surface area contributed by atoms with Gasteiger partial charge in [0.2, 0.25) is 0 Å². The van der Waals surface area contributed by atoms with Gasteiger partial charge in [-0.3, -0.25) is 4.79 Å². The van der Waals surface area contributed by atoms with Crippen LogP contribution in [0, 0.1) is 5.82 Å². The van der Waals surface area contributed by atoms with Crippen LogP contribution in [0.5, 0.6) is 11.5 Å². The summed E-state index contributed by atoms with van der Waals surface area (Å²) in [6.07, 6.45) is 3.62. The monoisotopic (exact) mass is 451 g/mol. The number of halogens is 1. The first-order valence-corrected chi connectivity index (χ1v) is 11.0. The van der Waals surface area contributed by atoms with Crippen LogP contribution in [0.2, 0.25) is 0 Å². The van der Waals surface area contributed by atoms with Crippen molar-refractivity contribution < 1.29 is 13.9 Å². The largest absolute Gasteiger partial charge is 0.493 e. The van der Waals surface area contributed by atoms with Crippen LogP contribution in [0.3, 0.4) is 0 Å². The van der Waals surface area contributed by atoms with Gasteiger partial charge in [-0.25, -0.2) is 9.37 Å². The minimum atomic E-state index is -0.376. The molecule has 0 spiro atoms. The topological polar surface area (TPSA) is 118 Å². The van der Waals surface area contributed by atoms with Crippen molar-refractivity contribution in [2.24, 2.45) is 5.73 Å². The van der Waals surface area contributed by atoms with E-state index in [9.17, 15) is 9.18 Å². The second-order valence-electron chi connectivity index (χ2n) is 8.46. The van der Waals surface area contributed by atoms with Gasteiger partial charge >= 0.3 is 0 Å². The number of benzene rings is 2. The van der Waals surface area contributed by atoms with E-state index in [4.69, 9.17) is 15.2 Å². The summed E-state index contributed by atoms with van der Waals surface area (Å²) >= 11 is 0. The second kappa shape index (κ2) is 8.40. The summed E-state index contributed by atoms with van der Waals surface area (Å²) in [7, 11) is 3.12. The van der Waals surface area contributed by atoms with Crippen molar-refractivity contribution in [1.29, 1.82) is 0 Å². The molecule has 0 atom stereocenters. The highest BCUT2D eigenvalue weighted by Gasteiger charge is 2.24. The SMILES string of the molecule is COc1cc2[nH]c(=O)c(-c3nc4ccc(F)cc4[nH]3)c(NC3CCC(N)CC3)c2cc1OC. The molecule has 1 aliphatic rings. The van der Waals surface area contributed by atoms with Crippen molar-refractivity contribution in [2.45, 2.75) is 37.8 Å². The molecule has 2 aromatic carbocycles. The molecule has 2 aromatic heterocycles. The van der Waals surface area contributed by atoms with Crippen LogP contribution in [0.1, 0.15) is 25.7 Å². The van der Waals surface area contributed by atoms with Gasteiger partial charge < -0.3 is 30.5 Å². The molecule has 8 nitrogen and oxygen atoms in total. The molecule has 0 bridgehead atoms. The summed E-state index contributed by atoms with van der Waals surface area (Å²) in [5, 5.41) is 4.36. The Morgan fingerprint density at radius 3 is 2.48 bits per heavy atom. The number of H-pyrrole nitrogens is 2. The number of nitrogens with one attached hydrogen (secondary N) is 3. The third kappa shape index (κ3) is 3.89. The average molecular weight is 452 g/mol. The molecule has 2 heterocycles. The zero-order valence-electron chi connectivity index (χ0n) is 18.5. The Kier molecular flexibility index (Phi) is 5.41. The molecule has 0 saturated heterocycles. The van der Waals surface area contributed by atoms with Crippen LogP contribution in [0.25, 0.3) is 33.3 Å².